The zero-order chi connectivity index (χ0) is 22.7. The predicted octanol–water partition coefficient (Wildman–Crippen LogP) is 3.04. The zero-order valence-corrected chi connectivity index (χ0v) is 19.6. The number of carbonyl (C=O) groups excluding carboxylic acids is 2. The number of H-pyrrole nitrogens is 1. The molecule has 2 saturated heterocycles. The van der Waals surface area contributed by atoms with Gasteiger partial charge in [-0.1, -0.05) is 24.9 Å². The van der Waals surface area contributed by atoms with Crippen LogP contribution in [0.4, 0.5) is 4.79 Å². The maximum atomic E-state index is 12.9. The Kier molecular flexibility index (Phi) is 7.25. The third-order valence-electron chi connectivity index (χ3n) is 5.97. The van der Waals surface area contributed by atoms with Crippen LogP contribution in [-0.2, 0) is 11.3 Å². The molecule has 2 aliphatic heterocycles. The highest BCUT2D eigenvalue weighted by molar-refractivity contribution is 8.00. The van der Waals surface area contributed by atoms with E-state index in [1.54, 1.807) is 23.1 Å². The number of benzene rings is 1. The Morgan fingerprint density at radius 2 is 2.12 bits per heavy atom. The summed E-state index contributed by atoms with van der Waals surface area (Å²) in [6, 6.07) is 5.33. The minimum absolute atomic E-state index is 0.0634. The monoisotopic (exact) mass is 477 g/mol. The van der Waals surface area contributed by atoms with E-state index in [0.717, 1.165) is 31.4 Å². The molecule has 0 saturated carbocycles. The van der Waals surface area contributed by atoms with Crippen LogP contribution < -0.4 is 16.2 Å². The fraction of sp³-hybridized carbons (Fsp3) is 0.545. The Labute approximate surface area is 195 Å². The maximum absolute atomic E-state index is 12.9. The lowest BCUT2D eigenvalue weighted by Gasteiger charge is -2.22. The number of unbranched alkanes of at least 4 members (excludes halogenated alkanes) is 1. The van der Waals surface area contributed by atoms with Crippen molar-refractivity contribution in [2.75, 3.05) is 12.3 Å². The number of rotatable bonds is 9. The van der Waals surface area contributed by atoms with Crippen molar-refractivity contribution in [1.82, 2.24) is 25.5 Å². The van der Waals surface area contributed by atoms with Crippen molar-refractivity contribution in [3.8, 4) is 0 Å². The zero-order valence-electron chi connectivity index (χ0n) is 18.0. The summed E-state index contributed by atoms with van der Waals surface area (Å²) in [7, 11) is 0. The summed E-state index contributed by atoms with van der Waals surface area (Å²) in [6.07, 6.45) is 4.00. The quantitative estimate of drug-likeness (QED) is 0.380. The fourth-order valence-corrected chi connectivity index (χ4v) is 6.11. The number of aromatic nitrogens is 2. The molecule has 2 fully saturated rings. The molecule has 0 unspecified atom stereocenters. The molecule has 3 atom stereocenters. The van der Waals surface area contributed by atoms with Crippen LogP contribution in [0.1, 0.15) is 44.9 Å². The van der Waals surface area contributed by atoms with E-state index in [1.165, 1.54) is 0 Å². The number of fused-ring (bicyclic) bond motifs is 2. The fourth-order valence-electron chi connectivity index (χ4n) is 4.40. The van der Waals surface area contributed by atoms with Gasteiger partial charge in [0.1, 0.15) is 5.82 Å². The number of amides is 3. The van der Waals surface area contributed by atoms with Gasteiger partial charge in [0.2, 0.25) is 5.91 Å². The number of urea groups is 1. The minimum Gasteiger partial charge on any atom is -0.335 e. The van der Waals surface area contributed by atoms with Gasteiger partial charge in [-0.05, 0) is 37.5 Å². The van der Waals surface area contributed by atoms with Gasteiger partial charge in [-0.15, -0.1) is 0 Å². The standard InChI is InChI=1S/C22H28ClN5O3S/c1-2-9-28(11-18-24-15-10-13(23)7-8-14(15)21(30)26-18)19(29)6-4-3-5-17-20-16(12-32-17)25-22(31)27-20/h7-8,10,16-17,20H,2-6,9,11-12H2,1H3,(H,24,26,30)(H2,25,27,31)/t16-,17-,20-/m0/s1. The number of carbonyl (C=O) groups is 2. The van der Waals surface area contributed by atoms with Crippen molar-refractivity contribution >= 4 is 46.2 Å². The first kappa shape index (κ1) is 22.9. The Morgan fingerprint density at radius 3 is 2.94 bits per heavy atom. The van der Waals surface area contributed by atoms with Crippen LogP contribution >= 0.6 is 23.4 Å². The summed E-state index contributed by atoms with van der Waals surface area (Å²) in [4.78, 5) is 45.8. The lowest BCUT2D eigenvalue weighted by atomic mass is 10.0. The lowest BCUT2D eigenvalue weighted by molar-refractivity contribution is -0.132. The molecule has 2 aliphatic rings. The van der Waals surface area contributed by atoms with E-state index >= 15 is 0 Å². The number of halogens is 1. The molecular weight excluding hydrogens is 450 g/mol. The number of nitrogens with zero attached hydrogens (tertiary/aromatic N) is 2. The molecule has 1 aromatic heterocycles. The van der Waals surface area contributed by atoms with E-state index < -0.39 is 0 Å². The van der Waals surface area contributed by atoms with E-state index in [2.05, 4.69) is 20.6 Å². The number of aromatic amines is 1. The molecule has 0 aliphatic carbocycles. The molecule has 3 amide bonds. The Morgan fingerprint density at radius 1 is 1.28 bits per heavy atom. The number of hydrogen-bond acceptors (Lipinski definition) is 5. The molecule has 0 bridgehead atoms. The van der Waals surface area contributed by atoms with Gasteiger partial charge in [-0.25, -0.2) is 9.78 Å². The molecule has 0 radical (unpaired) electrons. The summed E-state index contributed by atoms with van der Waals surface area (Å²) >= 11 is 7.93. The Bertz CT molecular complexity index is 1060. The van der Waals surface area contributed by atoms with Crippen LogP contribution in [0.25, 0.3) is 10.9 Å². The maximum Gasteiger partial charge on any atom is 0.315 e. The largest absolute Gasteiger partial charge is 0.335 e. The van der Waals surface area contributed by atoms with Crippen molar-refractivity contribution in [2.24, 2.45) is 0 Å². The Hall–Kier alpha value is -2.26. The van der Waals surface area contributed by atoms with Crippen molar-refractivity contribution in [2.45, 2.75) is 62.9 Å². The first-order chi connectivity index (χ1) is 15.4. The van der Waals surface area contributed by atoms with Crippen LogP contribution in [0.3, 0.4) is 0 Å². The van der Waals surface area contributed by atoms with E-state index in [4.69, 9.17) is 11.6 Å². The molecule has 8 nitrogen and oxygen atoms in total. The second-order valence-corrected chi connectivity index (χ2v) is 10.1. The number of thioether (sulfide) groups is 1. The van der Waals surface area contributed by atoms with Crippen LogP contribution in [0.5, 0.6) is 0 Å². The smallest absolute Gasteiger partial charge is 0.315 e. The first-order valence-corrected chi connectivity index (χ1v) is 12.5. The highest BCUT2D eigenvalue weighted by atomic mass is 35.5. The third kappa shape index (κ3) is 5.20. The van der Waals surface area contributed by atoms with E-state index in [1.807, 2.05) is 18.7 Å². The second-order valence-electron chi connectivity index (χ2n) is 8.36. The van der Waals surface area contributed by atoms with Crippen LogP contribution in [0.15, 0.2) is 23.0 Å². The van der Waals surface area contributed by atoms with Gasteiger partial charge >= 0.3 is 6.03 Å². The molecule has 32 heavy (non-hydrogen) atoms. The average molecular weight is 478 g/mol. The second kappa shape index (κ2) is 10.1. The van der Waals surface area contributed by atoms with Crippen molar-refractivity contribution in [1.29, 1.82) is 0 Å². The van der Waals surface area contributed by atoms with Crippen LogP contribution in [-0.4, -0.2) is 56.4 Å². The van der Waals surface area contributed by atoms with Crippen LogP contribution in [0.2, 0.25) is 5.02 Å². The van der Waals surface area contributed by atoms with Gasteiger partial charge in [0, 0.05) is 29.0 Å². The van der Waals surface area contributed by atoms with Gasteiger partial charge < -0.3 is 20.5 Å². The normalized spacial score (nSPS) is 21.9. The van der Waals surface area contributed by atoms with Gasteiger partial charge in [0.05, 0.1) is 29.5 Å². The highest BCUT2D eigenvalue weighted by Crippen LogP contribution is 2.33. The van der Waals surface area contributed by atoms with Crippen molar-refractivity contribution < 1.29 is 9.59 Å². The topological polar surface area (TPSA) is 107 Å². The predicted molar refractivity (Wildman–Crippen MR) is 127 cm³/mol. The third-order valence-corrected chi connectivity index (χ3v) is 7.72. The van der Waals surface area contributed by atoms with Crippen molar-refractivity contribution in [3.63, 3.8) is 0 Å². The van der Waals surface area contributed by atoms with E-state index in [0.29, 0.717) is 40.0 Å². The molecule has 0 spiro atoms. The van der Waals surface area contributed by atoms with Gasteiger partial charge in [-0.2, -0.15) is 11.8 Å². The summed E-state index contributed by atoms with van der Waals surface area (Å²) in [5, 5.41) is 7.36. The summed E-state index contributed by atoms with van der Waals surface area (Å²) in [5.41, 5.74) is 0.299. The molecule has 4 rings (SSSR count). The van der Waals surface area contributed by atoms with E-state index in [9.17, 15) is 14.4 Å². The molecular formula is C22H28ClN5O3S. The molecule has 172 valence electrons. The number of hydrogen-bond donors (Lipinski definition) is 3. The summed E-state index contributed by atoms with van der Waals surface area (Å²) in [5.74, 6) is 1.47. The molecule has 2 aromatic rings. The van der Waals surface area contributed by atoms with Gasteiger partial charge in [0.15, 0.2) is 0 Å². The van der Waals surface area contributed by atoms with Crippen LogP contribution in [0, 0.1) is 0 Å². The summed E-state index contributed by atoms with van der Waals surface area (Å²) in [6.45, 7) is 2.90. The summed E-state index contributed by atoms with van der Waals surface area (Å²) < 4.78 is 0. The van der Waals surface area contributed by atoms with Gasteiger partial charge in [0.25, 0.3) is 5.56 Å². The molecule has 3 N–H and O–H groups in total. The SMILES string of the molecule is CCCN(Cc1nc2cc(Cl)ccc2c(=O)[nH]1)C(=O)CCCC[C@@H]1SC[C@@H]2NC(=O)N[C@@H]21. The highest BCUT2D eigenvalue weighted by Gasteiger charge is 2.42. The average Bonchev–Trinajstić information content (AvgIpc) is 3.29. The number of nitrogens with one attached hydrogen (secondary N) is 3. The Balaban J connectivity index is 1.31. The van der Waals surface area contributed by atoms with Gasteiger partial charge in [-0.3, -0.25) is 9.59 Å². The molecule has 10 heteroatoms. The lowest BCUT2D eigenvalue weighted by Crippen LogP contribution is -2.36. The van der Waals surface area contributed by atoms with Crippen molar-refractivity contribution in [3.05, 3.63) is 39.4 Å². The molecule has 1 aromatic carbocycles. The first-order valence-electron chi connectivity index (χ1n) is 11.1. The molecule has 3 heterocycles. The van der Waals surface area contributed by atoms with E-state index in [-0.39, 0.29) is 36.1 Å². The minimum atomic E-state index is -0.230.